The molecule has 0 rings (SSSR count). The van der Waals surface area contributed by atoms with E-state index >= 15 is 0 Å². The summed E-state index contributed by atoms with van der Waals surface area (Å²) < 4.78 is 22.7. The Labute approximate surface area is 54.9 Å². The molecule has 49 valence electrons. The minimum absolute atomic E-state index is 0.412. The third-order valence-electron chi connectivity index (χ3n) is 0.380. The fraction of sp³-hybridized carbons (Fsp3) is 1.00. The summed E-state index contributed by atoms with van der Waals surface area (Å²) in [7, 11) is -3.08. The highest BCUT2D eigenvalue weighted by molar-refractivity contribution is 7.90. The lowest BCUT2D eigenvalue weighted by molar-refractivity contribution is 0.587. The molecule has 0 bridgehead atoms. The summed E-state index contributed by atoms with van der Waals surface area (Å²) in [6.45, 7) is 1.59. The maximum Gasteiger partial charge on any atom is 0.209 e. The van der Waals surface area contributed by atoms with E-state index in [1.807, 2.05) is 0 Å². The average molecular weight is 154 g/mol. The van der Waals surface area contributed by atoms with E-state index in [4.69, 9.17) is 0 Å². The molecule has 1 unspecified atom stereocenters. The lowest BCUT2D eigenvalue weighted by Gasteiger charge is -2.00. The largest absolute Gasteiger partial charge is 0.213 e. The van der Waals surface area contributed by atoms with Gasteiger partial charge in [0, 0.05) is 0 Å². The summed E-state index contributed by atoms with van der Waals surface area (Å²) in [5.41, 5.74) is 0. The Morgan fingerprint density at radius 1 is 1.62 bits per heavy atom. The van der Waals surface area contributed by atoms with Gasteiger partial charge in [-0.3, -0.25) is 0 Å². The predicted octanol–water partition coefficient (Wildman–Crippen LogP) is 0.0791. The molecule has 0 aliphatic heterocycles. The van der Waals surface area contributed by atoms with Crippen LogP contribution in [0.1, 0.15) is 6.92 Å². The van der Waals surface area contributed by atoms with Gasteiger partial charge in [-0.2, -0.15) is 0 Å². The summed E-state index contributed by atoms with van der Waals surface area (Å²) in [5, 5.41) is -0.412. The molecule has 1 N–H and O–H groups in total. The van der Waals surface area contributed by atoms with Gasteiger partial charge in [0.25, 0.3) is 0 Å². The molecule has 0 aromatic rings. The van der Waals surface area contributed by atoms with Crippen LogP contribution in [0.15, 0.2) is 0 Å². The molecule has 0 saturated heterocycles. The summed E-state index contributed by atoms with van der Waals surface area (Å²) in [6.07, 6.45) is 1.08. The molecule has 5 heteroatoms. The standard InChI is InChI=1S/C3H8NO2S2/c1-3(7)4-8(2,5)6/h3-4H,1-2H3. The normalized spacial score (nSPS) is 15.9. The van der Waals surface area contributed by atoms with Crippen molar-refractivity contribution in [1.82, 2.24) is 4.72 Å². The summed E-state index contributed by atoms with van der Waals surface area (Å²) >= 11 is 4.54. The summed E-state index contributed by atoms with van der Waals surface area (Å²) in [6, 6.07) is 0. The van der Waals surface area contributed by atoms with Crippen LogP contribution in [0.4, 0.5) is 0 Å². The van der Waals surface area contributed by atoms with Crippen LogP contribution >= 0.6 is 12.6 Å². The van der Waals surface area contributed by atoms with Crippen LogP contribution in [0.5, 0.6) is 0 Å². The van der Waals surface area contributed by atoms with Crippen LogP contribution < -0.4 is 4.72 Å². The van der Waals surface area contributed by atoms with Crippen molar-refractivity contribution in [2.75, 3.05) is 6.26 Å². The van der Waals surface area contributed by atoms with Crippen molar-refractivity contribution in [3.63, 3.8) is 0 Å². The van der Waals surface area contributed by atoms with Crippen molar-refractivity contribution in [3.05, 3.63) is 0 Å². The van der Waals surface area contributed by atoms with Crippen LogP contribution in [0, 0.1) is 0 Å². The second kappa shape index (κ2) is 2.70. The molecular weight excluding hydrogens is 146 g/mol. The molecule has 0 spiro atoms. The summed E-state index contributed by atoms with van der Waals surface area (Å²) in [4.78, 5) is 0. The zero-order chi connectivity index (χ0) is 6.78. The van der Waals surface area contributed by atoms with Gasteiger partial charge in [-0.25, -0.2) is 13.1 Å². The first-order valence-corrected chi connectivity index (χ1v) is 4.41. The monoisotopic (exact) mass is 154 g/mol. The van der Waals surface area contributed by atoms with Crippen molar-refractivity contribution in [3.8, 4) is 0 Å². The molecular formula is C3H8NO2S2. The van der Waals surface area contributed by atoms with E-state index in [9.17, 15) is 8.42 Å². The van der Waals surface area contributed by atoms with E-state index in [0.29, 0.717) is 0 Å². The highest BCUT2D eigenvalue weighted by atomic mass is 32.2. The van der Waals surface area contributed by atoms with Gasteiger partial charge < -0.3 is 0 Å². The zero-order valence-electron chi connectivity index (χ0n) is 4.71. The first-order valence-electron chi connectivity index (χ1n) is 2.05. The highest BCUT2D eigenvalue weighted by Crippen LogP contribution is 1.87. The molecule has 0 aliphatic rings. The lowest BCUT2D eigenvalue weighted by Crippen LogP contribution is -2.27. The molecule has 0 aromatic carbocycles. The van der Waals surface area contributed by atoms with Crippen LogP contribution in [-0.2, 0) is 10.0 Å². The predicted molar refractivity (Wildman–Crippen MR) is 35.0 cm³/mol. The number of rotatable bonds is 2. The molecule has 0 amide bonds. The number of nitrogens with one attached hydrogen (secondary N) is 1. The van der Waals surface area contributed by atoms with Crippen molar-refractivity contribution in [2.45, 2.75) is 12.3 Å². The molecule has 0 heterocycles. The van der Waals surface area contributed by atoms with E-state index in [1.165, 1.54) is 0 Å². The Balaban J connectivity index is 3.75. The van der Waals surface area contributed by atoms with Crippen molar-refractivity contribution >= 4 is 22.7 Å². The molecule has 8 heavy (non-hydrogen) atoms. The van der Waals surface area contributed by atoms with Crippen LogP contribution in [0.2, 0.25) is 0 Å². The topological polar surface area (TPSA) is 46.2 Å². The van der Waals surface area contributed by atoms with Gasteiger partial charge in [0.2, 0.25) is 10.0 Å². The maximum absolute atomic E-state index is 10.3. The fourth-order valence-corrected chi connectivity index (χ4v) is 1.43. The van der Waals surface area contributed by atoms with Gasteiger partial charge >= 0.3 is 0 Å². The van der Waals surface area contributed by atoms with Gasteiger partial charge in [-0.15, -0.1) is 0 Å². The zero-order valence-corrected chi connectivity index (χ0v) is 6.34. The Morgan fingerprint density at radius 2 is 2.00 bits per heavy atom. The van der Waals surface area contributed by atoms with Crippen LogP contribution in [-0.4, -0.2) is 20.0 Å². The van der Waals surface area contributed by atoms with Crippen LogP contribution in [0.25, 0.3) is 0 Å². The molecule has 1 radical (unpaired) electrons. The average Bonchev–Trinajstić information content (AvgIpc) is 1.21. The van der Waals surface area contributed by atoms with Gasteiger partial charge in [0.1, 0.15) is 0 Å². The Hall–Kier alpha value is 0.260. The Morgan fingerprint density at radius 3 is 2.00 bits per heavy atom. The van der Waals surface area contributed by atoms with Gasteiger partial charge in [0.05, 0.1) is 11.6 Å². The van der Waals surface area contributed by atoms with E-state index < -0.39 is 15.4 Å². The van der Waals surface area contributed by atoms with Crippen molar-refractivity contribution in [1.29, 1.82) is 0 Å². The van der Waals surface area contributed by atoms with E-state index in [-0.39, 0.29) is 0 Å². The van der Waals surface area contributed by atoms with Crippen molar-refractivity contribution in [2.24, 2.45) is 0 Å². The smallest absolute Gasteiger partial charge is 0.209 e. The van der Waals surface area contributed by atoms with Gasteiger partial charge in [-0.05, 0) is 6.92 Å². The molecule has 0 saturated carbocycles. The molecule has 3 nitrogen and oxygen atoms in total. The summed E-state index contributed by atoms with van der Waals surface area (Å²) in [5.74, 6) is 0. The third kappa shape index (κ3) is 6.26. The molecule has 1 atom stereocenters. The van der Waals surface area contributed by atoms with Gasteiger partial charge in [-0.1, -0.05) is 12.6 Å². The van der Waals surface area contributed by atoms with Crippen LogP contribution in [0.3, 0.4) is 0 Å². The number of hydrogen-bond donors (Lipinski definition) is 1. The minimum Gasteiger partial charge on any atom is -0.213 e. The molecule has 0 aliphatic carbocycles. The van der Waals surface area contributed by atoms with E-state index in [2.05, 4.69) is 17.4 Å². The quantitative estimate of drug-likeness (QED) is 0.612. The third-order valence-corrected chi connectivity index (χ3v) is 1.43. The lowest BCUT2D eigenvalue weighted by atomic mass is 10.8. The van der Waals surface area contributed by atoms with E-state index in [0.717, 1.165) is 6.26 Å². The fourth-order valence-electron chi connectivity index (χ4n) is 0.301. The first kappa shape index (κ1) is 8.26. The van der Waals surface area contributed by atoms with Crippen molar-refractivity contribution < 1.29 is 8.42 Å². The first-order chi connectivity index (χ1) is 3.42. The highest BCUT2D eigenvalue weighted by Gasteiger charge is 2.02. The Bertz CT molecular complexity index is 149. The second-order valence-electron chi connectivity index (χ2n) is 1.53. The number of sulfonamides is 1. The Kier molecular flexibility index (Phi) is 2.79. The van der Waals surface area contributed by atoms with E-state index in [1.54, 1.807) is 6.92 Å². The minimum atomic E-state index is -3.08. The molecule has 0 aromatic heterocycles. The van der Waals surface area contributed by atoms with Gasteiger partial charge in [0.15, 0.2) is 0 Å². The SMILES string of the molecule is CC([S])NS(C)(=O)=O. The second-order valence-corrected chi connectivity index (χ2v) is 4.02. The number of hydrogen-bond acceptors (Lipinski definition) is 2. The molecule has 0 fully saturated rings. The maximum atomic E-state index is 10.3.